The minimum absolute atomic E-state index is 0.350. The van der Waals surface area contributed by atoms with E-state index in [2.05, 4.69) is 11.4 Å². The van der Waals surface area contributed by atoms with Gasteiger partial charge in [-0.05, 0) is 49.9 Å². The summed E-state index contributed by atoms with van der Waals surface area (Å²) in [7, 11) is 0. The average molecular weight is 235 g/mol. The van der Waals surface area contributed by atoms with E-state index >= 15 is 0 Å². The van der Waals surface area contributed by atoms with Gasteiger partial charge in [-0.25, -0.2) is 0 Å². The van der Waals surface area contributed by atoms with Gasteiger partial charge in [0.05, 0.1) is 0 Å². The monoisotopic (exact) mass is 235 g/mol. The van der Waals surface area contributed by atoms with E-state index < -0.39 is 6.10 Å². The molecule has 2 rings (SSSR count). The Hall–Kier alpha value is -1.06. The lowest BCUT2D eigenvalue weighted by molar-refractivity contribution is 0.106. The number of aliphatic hydroxyl groups excluding tert-OH is 1. The number of aryl methyl sites for hydroxylation is 2. The number of nitrogens with one attached hydrogen (secondary N) is 1. The molecule has 0 saturated heterocycles. The molecule has 0 aliphatic heterocycles. The average Bonchev–Trinajstić information content (AvgIpc) is 3.06. The molecule has 0 aromatic heterocycles. The third-order valence-corrected chi connectivity index (χ3v) is 2.86. The molecule has 1 saturated carbocycles. The molecule has 2 N–H and O–H groups in total. The van der Waals surface area contributed by atoms with Crippen LogP contribution in [0.5, 0.6) is 5.75 Å². The summed E-state index contributed by atoms with van der Waals surface area (Å²) >= 11 is 0. The third-order valence-electron chi connectivity index (χ3n) is 2.86. The lowest BCUT2D eigenvalue weighted by Gasteiger charge is -2.13. The molecule has 1 aromatic rings. The zero-order chi connectivity index (χ0) is 12.3. The van der Waals surface area contributed by atoms with Crippen molar-refractivity contribution in [1.29, 1.82) is 0 Å². The van der Waals surface area contributed by atoms with Crippen molar-refractivity contribution in [3.8, 4) is 5.75 Å². The van der Waals surface area contributed by atoms with Gasteiger partial charge in [0.25, 0.3) is 0 Å². The number of aliphatic hydroxyl groups is 1. The maximum atomic E-state index is 9.74. The highest BCUT2D eigenvalue weighted by atomic mass is 16.5. The van der Waals surface area contributed by atoms with E-state index in [1.54, 1.807) is 0 Å². The van der Waals surface area contributed by atoms with Crippen molar-refractivity contribution in [1.82, 2.24) is 5.32 Å². The van der Waals surface area contributed by atoms with Gasteiger partial charge in [-0.15, -0.1) is 0 Å². The molecule has 1 aliphatic rings. The van der Waals surface area contributed by atoms with Gasteiger partial charge in [-0.1, -0.05) is 6.07 Å². The number of ether oxygens (including phenoxy) is 1. The standard InChI is InChI=1S/C14H21NO2/c1-10-5-11(2)7-14(6-10)17-9-13(16)8-15-12-3-4-12/h5-7,12-13,15-16H,3-4,8-9H2,1-2H3/t13-/m1/s1. The van der Waals surface area contributed by atoms with E-state index in [9.17, 15) is 5.11 Å². The van der Waals surface area contributed by atoms with Gasteiger partial charge < -0.3 is 15.2 Å². The Bertz CT molecular complexity index is 354. The predicted molar refractivity (Wildman–Crippen MR) is 68.4 cm³/mol. The van der Waals surface area contributed by atoms with E-state index in [-0.39, 0.29) is 0 Å². The topological polar surface area (TPSA) is 41.5 Å². The molecule has 94 valence electrons. The Morgan fingerprint density at radius 1 is 1.29 bits per heavy atom. The number of rotatable bonds is 6. The van der Waals surface area contributed by atoms with Gasteiger partial charge in [0.15, 0.2) is 0 Å². The molecule has 1 fully saturated rings. The first-order valence-corrected chi connectivity index (χ1v) is 6.26. The van der Waals surface area contributed by atoms with Crippen molar-refractivity contribution in [3.63, 3.8) is 0 Å². The zero-order valence-electron chi connectivity index (χ0n) is 10.6. The molecular formula is C14H21NO2. The van der Waals surface area contributed by atoms with Crippen LogP contribution in [-0.2, 0) is 0 Å². The van der Waals surface area contributed by atoms with Crippen LogP contribution in [0, 0.1) is 13.8 Å². The lowest BCUT2D eigenvalue weighted by atomic mass is 10.1. The second-order valence-corrected chi connectivity index (χ2v) is 4.97. The van der Waals surface area contributed by atoms with Crippen LogP contribution < -0.4 is 10.1 Å². The van der Waals surface area contributed by atoms with Crippen molar-refractivity contribution in [2.45, 2.75) is 38.8 Å². The highest BCUT2D eigenvalue weighted by Crippen LogP contribution is 2.18. The Kier molecular flexibility index (Phi) is 4.02. The van der Waals surface area contributed by atoms with Crippen LogP contribution in [0.1, 0.15) is 24.0 Å². The van der Waals surface area contributed by atoms with Crippen LogP contribution in [-0.4, -0.2) is 30.4 Å². The lowest BCUT2D eigenvalue weighted by Crippen LogP contribution is -2.32. The van der Waals surface area contributed by atoms with Gasteiger partial charge in [-0.3, -0.25) is 0 Å². The largest absolute Gasteiger partial charge is 0.491 e. The molecule has 0 spiro atoms. The number of hydrogen-bond acceptors (Lipinski definition) is 3. The quantitative estimate of drug-likeness (QED) is 0.790. The third kappa shape index (κ3) is 4.36. The van der Waals surface area contributed by atoms with Gasteiger partial charge in [0.2, 0.25) is 0 Å². The molecule has 0 unspecified atom stereocenters. The Labute approximate surface area is 103 Å². The molecule has 3 nitrogen and oxygen atoms in total. The van der Waals surface area contributed by atoms with Gasteiger partial charge in [0, 0.05) is 12.6 Å². The molecule has 0 heterocycles. The van der Waals surface area contributed by atoms with Crippen LogP contribution in [0.25, 0.3) is 0 Å². The smallest absolute Gasteiger partial charge is 0.119 e. The van der Waals surface area contributed by atoms with E-state index in [0.717, 1.165) is 5.75 Å². The fourth-order valence-corrected chi connectivity index (χ4v) is 1.86. The summed E-state index contributed by atoms with van der Waals surface area (Å²) < 4.78 is 5.59. The minimum atomic E-state index is -0.434. The molecule has 0 bridgehead atoms. The number of benzene rings is 1. The molecule has 3 heteroatoms. The predicted octanol–water partition coefficient (Wildman–Crippen LogP) is 1.80. The zero-order valence-corrected chi connectivity index (χ0v) is 10.6. The summed E-state index contributed by atoms with van der Waals surface area (Å²) in [4.78, 5) is 0. The summed E-state index contributed by atoms with van der Waals surface area (Å²) in [5.41, 5.74) is 2.37. The maximum absolute atomic E-state index is 9.74. The second-order valence-electron chi connectivity index (χ2n) is 4.97. The van der Waals surface area contributed by atoms with E-state index in [0.29, 0.717) is 19.2 Å². The van der Waals surface area contributed by atoms with E-state index in [1.807, 2.05) is 26.0 Å². The normalized spacial score (nSPS) is 16.9. The summed E-state index contributed by atoms with van der Waals surface area (Å²) in [5.74, 6) is 0.841. The fraction of sp³-hybridized carbons (Fsp3) is 0.571. The van der Waals surface area contributed by atoms with Crippen LogP contribution in [0.3, 0.4) is 0 Å². The van der Waals surface area contributed by atoms with Crippen molar-refractivity contribution in [3.05, 3.63) is 29.3 Å². The molecule has 1 atom stereocenters. The van der Waals surface area contributed by atoms with Crippen molar-refractivity contribution < 1.29 is 9.84 Å². The Morgan fingerprint density at radius 3 is 2.53 bits per heavy atom. The molecule has 17 heavy (non-hydrogen) atoms. The first kappa shape index (κ1) is 12.4. The van der Waals surface area contributed by atoms with Crippen LogP contribution in [0.15, 0.2) is 18.2 Å². The van der Waals surface area contributed by atoms with Crippen LogP contribution in [0.4, 0.5) is 0 Å². The van der Waals surface area contributed by atoms with Crippen molar-refractivity contribution in [2.75, 3.05) is 13.2 Å². The molecule has 1 aliphatic carbocycles. The maximum Gasteiger partial charge on any atom is 0.119 e. The SMILES string of the molecule is Cc1cc(C)cc(OC[C@H](O)CNC2CC2)c1. The minimum Gasteiger partial charge on any atom is -0.491 e. The molecule has 0 radical (unpaired) electrons. The van der Waals surface area contributed by atoms with Gasteiger partial charge in [0.1, 0.15) is 18.5 Å². The molecule has 0 amide bonds. The first-order chi connectivity index (χ1) is 8.13. The Morgan fingerprint density at radius 2 is 1.94 bits per heavy atom. The summed E-state index contributed by atoms with van der Waals surface area (Å²) in [6, 6.07) is 6.73. The Balaban J connectivity index is 1.75. The van der Waals surface area contributed by atoms with Crippen LogP contribution in [0.2, 0.25) is 0 Å². The van der Waals surface area contributed by atoms with E-state index in [1.165, 1.54) is 24.0 Å². The highest BCUT2D eigenvalue weighted by molar-refractivity contribution is 5.32. The van der Waals surface area contributed by atoms with Crippen LogP contribution >= 0.6 is 0 Å². The van der Waals surface area contributed by atoms with Crippen molar-refractivity contribution >= 4 is 0 Å². The first-order valence-electron chi connectivity index (χ1n) is 6.26. The van der Waals surface area contributed by atoms with Gasteiger partial charge >= 0.3 is 0 Å². The summed E-state index contributed by atoms with van der Waals surface area (Å²) in [6.45, 7) is 5.06. The molecular weight excluding hydrogens is 214 g/mol. The van der Waals surface area contributed by atoms with Gasteiger partial charge in [-0.2, -0.15) is 0 Å². The second kappa shape index (κ2) is 5.52. The van der Waals surface area contributed by atoms with E-state index in [4.69, 9.17) is 4.74 Å². The van der Waals surface area contributed by atoms with Crippen molar-refractivity contribution in [2.24, 2.45) is 0 Å². The summed E-state index contributed by atoms with van der Waals surface area (Å²) in [5, 5.41) is 13.0. The fourth-order valence-electron chi connectivity index (χ4n) is 1.86. The number of hydrogen-bond donors (Lipinski definition) is 2. The highest BCUT2D eigenvalue weighted by Gasteiger charge is 2.21. The molecule has 1 aromatic carbocycles. The summed E-state index contributed by atoms with van der Waals surface area (Å²) in [6.07, 6.45) is 2.05.